The van der Waals surface area contributed by atoms with Gasteiger partial charge in [-0.2, -0.15) is 0 Å². The number of anilines is 2. The number of pyridine rings is 1. The minimum absolute atomic E-state index is 0.559. The molecule has 122 valence electrons. The molecule has 1 fully saturated rings. The number of hydrogen-bond acceptors (Lipinski definition) is 5. The Morgan fingerprint density at radius 1 is 1.00 bits per heavy atom. The number of thiazole rings is 1. The molecule has 1 saturated heterocycles. The molecule has 4 nitrogen and oxygen atoms in total. The number of benzene rings is 1. The van der Waals surface area contributed by atoms with Crippen molar-refractivity contribution >= 4 is 22.3 Å². The monoisotopic (exact) mass is 336 g/mol. The number of nitrogens with one attached hydrogen (secondary N) is 2. The van der Waals surface area contributed by atoms with Crippen molar-refractivity contribution in [3.05, 3.63) is 60.4 Å². The molecule has 1 aliphatic rings. The summed E-state index contributed by atoms with van der Waals surface area (Å²) in [4.78, 5) is 10.4. The van der Waals surface area contributed by atoms with Gasteiger partial charge in [0.1, 0.15) is 5.82 Å². The maximum Gasteiger partial charge on any atom is 0.188 e. The molecule has 0 aliphatic carbocycles. The third kappa shape index (κ3) is 3.47. The number of rotatable bonds is 4. The Kier molecular flexibility index (Phi) is 4.53. The molecule has 5 heteroatoms. The summed E-state index contributed by atoms with van der Waals surface area (Å²) in [5, 5.41) is 7.64. The first-order valence-corrected chi connectivity index (χ1v) is 9.16. The van der Waals surface area contributed by atoms with Crippen LogP contribution >= 0.6 is 11.3 Å². The van der Waals surface area contributed by atoms with Gasteiger partial charge in [0.25, 0.3) is 0 Å². The van der Waals surface area contributed by atoms with Crippen LogP contribution in [-0.2, 0) is 0 Å². The zero-order chi connectivity index (χ0) is 16.2. The van der Waals surface area contributed by atoms with E-state index in [0.717, 1.165) is 41.8 Å². The van der Waals surface area contributed by atoms with Crippen LogP contribution in [0.4, 0.5) is 10.9 Å². The first-order valence-electron chi connectivity index (χ1n) is 8.34. The van der Waals surface area contributed by atoms with E-state index in [9.17, 15) is 0 Å². The van der Waals surface area contributed by atoms with Crippen molar-refractivity contribution in [3.63, 3.8) is 0 Å². The Morgan fingerprint density at radius 3 is 2.67 bits per heavy atom. The van der Waals surface area contributed by atoms with Crippen molar-refractivity contribution in [2.75, 3.05) is 18.4 Å². The number of nitrogens with zero attached hydrogens (tertiary/aromatic N) is 2. The molecule has 0 spiro atoms. The smallest absolute Gasteiger partial charge is 0.188 e. The van der Waals surface area contributed by atoms with E-state index >= 15 is 0 Å². The highest BCUT2D eigenvalue weighted by molar-refractivity contribution is 7.18. The van der Waals surface area contributed by atoms with E-state index in [1.165, 1.54) is 11.3 Å². The second-order valence-corrected chi connectivity index (χ2v) is 7.02. The molecule has 3 aromatic rings. The molecule has 1 aromatic carbocycles. The van der Waals surface area contributed by atoms with Gasteiger partial charge in [-0.25, -0.2) is 9.97 Å². The fourth-order valence-electron chi connectivity index (χ4n) is 3.04. The standard InChI is InChI=1S/C19H20N4S/c1-2-5-15(6-3-1)17-13-21-19(24-17)23-18-8-4-7-16(22-18)14-9-11-20-12-10-14/h1-8,13-14,20H,9-12H2,(H,21,22,23). The van der Waals surface area contributed by atoms with Crippen LogP contribution in [0.1, 0.15) is 24.5 Å². The van der Waals surface area contributed by atoms with Crippen molar-refractivity contribution in [2.24, 2.45) is 0 Å². The molecular formula is C19H20N4S. The Labute approximate surface area is 146 Å². The predicted octanol–water partition coefficient (Wildman–Crippen LogP) is 4.42. The summed E-state index contributed by atoms with van der Waals surface area (Å²) < 4.78 is 0. The van der Waals surface area contributed by atoms with Gasteiger partial charge >= 0.3 is 0 Å². The zero-order valence-electron chi connectivity index (χ0n) is 13.4. The van der Waals surface area contributed by atoms with Crippen LogP contribution in [0.3, 0.4) is 0 Å². The third-order valence-corrected chi connectivity index (χ3v) is 5.29. The van der Waals surface area contributed by atoms with Crippen LogP contribution < -0.4 is 10.6 Å². The number of piperidine rings is 1. The molecule has 1 aliphatic heterocycles. The van der Waals surface area contributed by atoms with Crippen molar-refractivity contribution in [1.29, 1.82) is 0 Å². The summed E-state index contributed by atoms with van der Waals surface area (Å²) in [5.74, 6) is 1.43. The molecule has 0 saturated carbocycles. The van der Waals surface area contributed by atoms with Gasteiger partial charge in [-0.15, -0.1) is 0 Å². The van der Waals surface area contributed by atoms with Gasteiger partial charge in [-0.3, -0.25) is 0 Å². The molecule has 2 aromatic heterocycles. The molecule has 2 N–H and O–H groups in total. The fraction of sp³-hybridized carbons (Fsp3) is 0.263. The minimum atomic E-state index is 0.559. The number of hydrogen-bond donors (Lipinski definition) is 2. The van der Waals surface area contributed by atoms with Crippen LogP contribution in [0.15, 0.2) is 54.7 Å². The van der Waals surface area contributed by atoms with Gasteiger partial charge in [0.05, 0.1) is 4.88 Å². The topological polar surface area (TPSA) is 49.8 Å². The van der Waals surface area contributed by atoms with E-state index in [2.05, 4.69) is 39.9 Å². The van der Waals surface area contributed by atoms with E-state index in [1.807, 2.05) is 30.5 Å². The highest BCUT2D eigenvalue weighted by Gasteiger charge is 2.16. The Balaban J connectivity index is 1.50. The van der Waals surface area contributed by atoms with Crippen LogP contribution in [0.2, 0.25) is 0 Å². The maximum absolute atomic E-state index is 4.80. The predicted molar refractivity (Wildman–Crippen MR) is 99.9 cm³/mol. The van der Waals surface area contributed by atoms with Crippen molar-refractivity contribution < 1.29 is 0 Å². The van der Waals surface area contributed by atoms with Crippen molar-refractivity contribution in [2.45, 2.75) is 18.8 Å². The normalized spacial score (nSPS) is 15.3. The minimum Gasteiger partial charge on any atom is -0.317 e. The molecule has 0 amide bonds. The van der Waals surface area contributed by atoms with E-state index in [1.54, 1.807) is 11.3 Å². The second-order valence-electron chi connectivity index (χ2n) is 5.99. The summed E-state index contributed by atoms with van der Waals surface area (Å²) in [7, 11) is 0. The molecule has 0 bridgehead atoms. The summed E-state index contributed by atoms with van der Waals surface area (Å²) in [5.41, 5.74) is 2.38. The van der Waals surface area contributed by atoms with E-state index < -0.39 is 0 Å². The SMILES string of the molecule is c1ccc(-c2cnc(Nc3cccc(C4CCNCC4)n3)s2)cc1. The summed E-state index contributed by atoms with van der Waals surface area (Å²) in [6.45, 7) is 2.16. The van der Waals surface area contributed by atoms with Gasteiger partial charge < -0.3 is 10.6 Å². The van der Waals surface area contributed by atoms with Crippen LogP contribution in [-0.4, -0.2) is 23.1 Å². The Bertz CT molecular complexity index is 794. The van der Waals surface area contributed by atoms with E-state index in [4.69, 9.17) is 4.98 Å². The lowest BCUT2D eigenvalue weighted by Gasteiger charge is -2.22. The maximum atomic E-state index is 4.80. The van der Waals surface area contributed by atoms with Gasteiger partial charge in [-0.05, 0) is 43.6 Å². The lowest BCUT2D eigenvalue weighted by atomic mass is 9.94. The van der Waals surface area contributed by atoms with Gasteiger partial charge in [0, 0.05) is 17.8 Å². The largest absolute Gasteiger partial charge is 0.317 e. The summed E-state index contributed by atoms with van der Waals surface area (Å²) >= 11 is 1.65. The lowest BCUT2D eigenvalue weighted by molar-refractivity contribution is 0.453. The molecule has 4 rings (SSSR count). The van der Waals surface area contributed by atoms with Gasteiger partial charge in [-0.1, -0.05) is 47.7 Å². The molecule has 24 heavy (non-hydrogen) atoms. The quantitative estimate of drug-likeness (QED) is 0.741. The highest BCUT2D eigenvalue weighted by Crippen LogP contribution is 2.31. The highest BCUT2D eigenvalue weighted by atomic mass is 32.1. The van der Waals surface area contributed by atoms with Gasteiger partial charge in [0.15, 0.2) is 5.13 Å². The molecule has 0 atom stereocenters. The Morgan fingerprint density at radius 2 is 1.83 bits per heavy atom. The van der Waals surface area contributed by atoms with Crippen LogP contribution in [0.5, 0.6) is 0 Å². The molecule has 0 radical (unpaired) electrons. The average Bonchev–Trinajstić information content (AvgIpc) is 3.12. The average molecular weight is 336 g/mol. The summed E-state index contributed by atoms with van der Waals surface area (Å²) in [6.07, 6.45) is 4.23. The van der Waals surface area contributed by atoms with Crippen LogP contribution in [0.25, 0.3) is 10.4 Å². The third-order valence-electron chi connectivity index (χ3n) is 4.33. The zero-order valence-corrected chi connectivity index (χ0v) is 14.2. The second kappa shape index (κ2) is 7.11. The van der Waals surface area contributed by atoms with Crippen molar-refractivity contribution in [3.8, 4) is 10.4 Å². The first kappa shape index (κ1) is 15.3. The Hall–Kier alpha value is -2.24. The van der Waals surface area contributed by atoms with E-state index in [-0.39, 0.29) is 0 Å². The molecule has 3 heterocycles. The van der Waals surface area contributed by atoms with Crippen molar-refractivity contribution in [1.82, 2.24) is 15.3 Å². The number of aromatic nitrogens is 2. The summed E-state index contributed by atoms with van der Waals surface area (Å²) in [6, 6.07) is 16.6. The van der Waals surface area contributed by atoms with Crippen LogP contribution in [0, 0.1) is 0 Å². The molecular weight excluding hydrogens is 316 g/mol. The lowest BCUT2D eigenvalue weighted by Crippen LogP contribution is -2.27. The first-order chi connectivity index (χ1) is 11.9. The van der Waals surface area contributed by atoms with E-state index in [0.29, 0.717) is 5.92 Å². The fourth-order valence-corrected chi connectivity index (χ4v) is 3.87. The van der Waals surface area contributed by atoms with Gasteiger partial charge in [0.2, 0.25) is 0 Å². The molecule has 0 unspecified atom stereocenters.